The summed E-state index contributed by atoms with van der Waals surface area (Å²) >= 11 is 0. The van der Waals surface area contributed by atoms with Gasteiger partial charge in [0.2, 0.25) is 5.91 Å². The zero-order valence-corrected chi connectivity index (χ0v) is 10.8. The van der Waals surface area contributed by atoms with E-state index in [0.717, 1.165) is 31.2 Å². The SMILES string of the molecule is CC(NC(=O)C1CCCC(N)C1)c1cccnc1. The van der Waals surface area contributed by atoms with Crippen LogP contribution in [0.5, 0.6) is 0 Å². The van der Waals surface area contributed by atoms with E-state index in [1.165, 1.54) is 0 Å². The number of amides is 1. The number of hydrogen-bond donors (Lipinski definition) is 2. The first-order chi connectivity index (χ1) is 8.66. The molecule has 1 aromatic rings. The average molecular weight is 247 g/mol. The van der Waals surface area contributed by atoms with E-state index in [1.54, 1.807) is 12.4 Å². The van der Waals surface area contributed by atoms with E-state index in [0.29, 0.717) is 0 Å². The Morgan fingerprint density at radius 1 is 1.56 bits per heavy atom. The molecule has 18 heavy (non-hydrogen) atoms. The number of aromatic nitrogens is 1. The molecule has 1 aromatic heterocycles. The summed E-state index contributed by atoms with van der Waals surface area (Å²) in [6, 6.07) is 4.05. The van der Waals surface area contributed by atoms with Crippen molar-refractivity contribution >= 4 is 5.91 Å². The highest BCUT2D eigenvalue weighted by Gasteiger charge is 2.26. The zero-order valence-electron chi connectivity index (χ0n) is 10.8. The number of carbonyl (C=O) groups is 1. The van der Waals surface area contributed by atoms with Crippen molar-refractivity contribution in [3.63, 3.8) is 0 Å². The van der Waals surface area contributed by atoms with Crippen LogP contribution >= 0.6 is 0 Å². The van der Waals surface area contributed by atoms with Crippen molar-refractivity contribution in [1.82, 2.24) is 10.3 Å². The fraction of sp³-hybridized carbons (Fsp3) is 0.571. The Morgan fingerprint density at radius 3 is 3.06 bits per heavy atom. The molecule has 0 spiro atoms. The van der Waals surface area contributed by atoms with Crippen molar-refractivity contribution in [3.8, 4) is 0 Å². The van der Waals surface area contributed by atoms with E-state index in [2.05, 4.69) is 10.3 Å². The average Bonchev–Trinajstić information content (AvgIpc) is 2.39. The van der Waals surface area contributed by atoms with Gasteiger partial charge >= 0.3 is 0 Å². The Labute approximate surface area is 108 Å². The van der Waals surface area contributed by atoms with Crippen LogP contribution in [0.25, 0.3) is 0 Å². The third-order valence-electron chi connectivity index (χ3n) is 3.63. The highest BCUT2D eigenvalue weighted by molar-refractivity contribution is 5.79. The summed E-state index contributed by atoms with van der Waals surface area (Å²) in [7, 11) is 0. The van der Waals surface area contributed by atoms with E-state index in [1.807, 2.05) is 19.1 Å². The molecule has 3 unspecified atom stereocenters. The quantitative estimate of drug-likeness (QED) is 0.855. The van der Waals surface area contributed by atoms with Crippen LogP contribution in [0, 0.1) is 5.92 Å². The van der Waals surface area contributed by atoms with E-state index in [9.17, 15) is 4.79 Å². The monoisotopic (exact) mass is 247 g/mol. The molecule has 0 aliphatic heterocycles. The first-order valence-corrected chi connectivity index (χ1v) is 6.62. The lowest BCUT2D eigenvalue weighted by Crippen LogP contribution is -2.38. The fourth-order valence-corrected chi connectivity index (χ4v) is 2.51. The van der Waals surface area contributed by atoms with E-state index in [4.69, 9.17) is 5.73 Å². The summed E-state index contributed by atoms with van der Waals surface area (Å²) in [5.41, 5.74) is 6.95. The van der Waals surface area contributed by atoms with Crippen LogP contribution in [0.1, 0.15) is 44.2 Å². The molecule has 0 aromatic carbocycles. The maximum Gasteiger partial charge on any atom is 0.223 e. The number of nitrogens with two attached hydrogens (primary N) is 1. The van der Waals surface area contributed by atoms with E-state index < -0.39 is 0 Å². The topological polar surface area (TPSA) is 68.0 Å². The summed E-state index contributed by atoms with van der Waals surface area (Å²) in [6.45, 7) is 1.98. The number of pyridine rings is 1. The van der Waals surface area contributed by atoms with Crippen molar-refractivity contribution in [2.24, 2.45) is 11.7 Å². The van der Waals surface area contributed by atoms with Crippen LogP contribution in [-0.4, -0.2) is 16.9 Å². The van der Waals surface area contributed by atoms with Crippen LogP contribution in [0.3, 0.4) is 0 Å². The molecule has 1 aliphatic carbocycles. The summed E-state index contributed by atoms with van der Waals surface area (Å²) < 4.78 is 0. The molecule has 0 saturated heterocycles. The normalized spacial score (nSPS) is 25.4. The van der Waals surface area contributed by atoms with Gasteiger partial charge in [-0.15, -0.1) is 0 Å². The van der Waals surface area contributed by atoms with Gasteiger partial charge in [0, 0.05) is 24.4 Å². The minimum absolute atomic E-state index is 0.00403. The molecule has 4 heteroatoms. The second-order valence-electron chi connectivity index (χ2n) is 5.14. The highest BCUT2D eigenvalue weighted by atomic mass is 16.1. The van der Waals surface area contributed by atoms with Gasteiger partial charge in [0.25, 0.3) is 0 Å². The second-order valence-corrected chi connectivity index (χ2v) is 5.14. The van der Waals surface area contributed by atoms with Gasteiger partial charge < -0.3 is 11.1 Å². The number of rotatable bonds is 3. The molecule has 2 rings (SSSR count). The Morgan fingerprint density at radius 2 is 2.39 bits per heavy atom. The lowest BCUT2D eigenvalue weighted by atomic mass is 9.85. The van der Waals surface area contributed by atoms with Gasteiger partial charge in [0.1, 0.15) is 0 Å². The number of nitrogens with zero attached hydrogens (tertiary/aromatic N) is 1. The van der Waals surface area contributed by atoms with Gasteiger partial charge in [-0.2, -0.15) is 0 Å². The van der Waals surface area contributed by atoms with Gasteiger partial charge in [0.15, 0.2) is 0 Å². The number of hydrogen-bond acceptors (Lipinski definition) is 3. The third-order valence-corrected chi connectivity index (χ3v) is 3.63. The molecule has 0 radical (unpaired) electrons. The van der Waals surface area contributed by atoms with Crippen LogP contribution < -0.4 is 11.1 Å². The van der Waals surface area contributed by atoms with Gasteiger partial charge in [-0.3, -0.25) is 9.78 Å². The molecule has 1 saturated carbocycles. The minimum atomic E-state index is 0.00403. The summed E-state index contributed by atoms with van der Waals surface area (Å²) in [6.07, 6.45) is 7.39. The van der Waals surface area contributed by atoms with Gasteiger partial charge in [0.05, 0.1) is 6.04 Å². The molecule has 1 amide bonds. The highest BCUT2D eigenvalue weighted by Crippen LogP contribution is 2.24. The summed E-state index contributed by atoms with van der Waals surface area (Å²) in [5, 5.41) is 3.05. The maximum atomic E-state index is 12.1. The van der Waals surface area contributed by atoms with Crippen molar-refractivity contribution in [2.75, 3.05) is 0 Å². The Hall–Kier alpha value is -1.42. The van der Waals surface area contributed by atoms with Crippen LogP contribution in [0.2, 0.25) is 0 Å². The van der Waals surface area contributed by atoms with Gasteiger partial charge in [-0.05, 0) is 37.8 Å². The Bertz CT molecular complexity index is 393. The molecule has 98 valence electrons. The lowest BCUT2D eigenvalue weighted by molar-refractivity contribution is -0.126. The Balaban J connectivity index is 1.91. The minimum Gasteiger partial charge on any atom is -0.349 e. The maximum absolute atomic E-state index is 12.1. The molecule has 3 N–H and O–H groups in total. The molecule has 1 heterocycles. The lowest BCUT2D eigenvalue weighted by Gasteiger charge is -2.27. The third kappa shape index (κ3) is 3.29. The molecule has 1 aliphatic rings. The predicted octanol–water partition coefficient (Wildman–Crippen LogP) is 1.78. The molecule has 1 fully saturated rings. The van der Waals surface area contributed by atoms with E-state index >= 15 is 0 Å². The van der Waals surface area contributed by atoms with E-state index in [-0.39, 0.29) is 23.9 Å². The first kappa shape index (κ1) is 13.0. The molecule has 0 bridgehead atoms. The van der Waals surface area contributed by atoms with Gasteiger partial charge in [-0.1, -0.05) is 12.5 Å². The fourth-order valence-electron chi connectivity index (χ4n) is 2.51. The molecular weight excluding hydrogens is 226 g/mol. The second kappa shape index (κ2) is 5.96. The van der Waals surface area contributed by atoms with Crippen molar-refractivity contribution < 1.29 is 4.79 Å². The van der Waals surface area contributed by atoms with Crippen molar-refractivity contribution in [3.05, 3.63) is 30.1 Å². The van der Waals surface area contributed by atoms with Crippen molar-refractivity contribution in [1.29, 1.82) is 0 Å². The molecular formula is C14H21N3O. The van der Waals surface area contributed by atoms with Crippen LogP contribution in [0.15, 0.2) is 24.5 Å². The molecule has 3 atom stereocenters. The number of carbonyl (C=O) groups excluding carboxylic acids is 1. The summed E-state index contributed by atoms with van der Waals surface area (Å²) in [4.78, 5) is 16.2. The smallest absolute Gasteiger partial charge is 0.223 e. The Kier molecular flexibility index (Phi) is 4.31. The summed E-state index contributed by atoms with van der Waals surface area (Å²) in [5.74, 6) is 0.203. The zero-order chi connectivity index (χ0) is 13.0. The van der Waals surface area contributed by atoms with Crippen LogP contribution in [0.4, 0.5) is 0 Å². The largest absolute Gasteiger partial charge is 0.349 e. The standard InChI is InChI=1S/C14H21N3O/c1-10(12-5-3-7-16-9-12)17-14(18)11-4-2-6-13(15)8-11/h3,5,7,9-11,13H,2,4,6,8,15H2,1H3,(H,17,18). The molecule has 4 nitrogen and oxygen atoms in total. The predicted molar refractivity (Wildman–Crippen MR) is 70.7 cm³/mol. The van der Waals surface area contributed by atoms with Crippen molar-refractivity contribution in [2.45, 2.75) is 44.7 Å². The van der Waals surface area contributed by atoms with Crippen LogP contribution in [-0.2, 0) is 4.79 Å². The van der Waals surface area contributed by atoms with Gasteiger partial charge in [-0.25, -0.2) is 0 Å². The first-order valence-electron chi connectivity index (χ1n) is 6.62. The number of nitrogens with one attached hydrogen (secondary N) is 1.